The highest BCUT2D eigenvalue weighted by Gasteiger charge is 2.49. The highest BCUT2D eigenvalue weighted by molar-refractivity contribution is 5.95. The van der Waals surface area contributed by atoms with Gasteiger partial charge in [-0.25, -0.2) is 13.8 Å². The zero-order valence-corrected chi connectivity index (χ0v) is 25.4. The van der Waals surface area contributed by atoms with Crippen molar-refractivity contribution in [2.45, 2.75) is 81.6 Å². The number of benzene rings is 1. The number of aryl methyl sites for hydroxylation is 1. The van der Waals surface area contributed by atoms with Crippen LogP contribution in [0.25, 0.3) is 22.2 Å². The van der Waals surface area contributed by atoms with Gasteiger partial charge in [-0.1, -0.05) is 0 Å². The van der Waals surface area contributed by atoms with Crippen molar-refractivity contribution in [1.29, 1.82) is 0 Å². The minimum Gasteiger partial charge on any atom is -0.461 e. The zero-order valence-electron chi connectivity index (χ0n) is 25.4. The summed E-state index contributed by atoms with van der Waals surface area (Å²) in [5.41, 5.74) is -0.00460. The summed E-state index contributed by atoms with van der Waals surface area (Å²) in [6, 6.07) is 1.75. The summed E-state index contributed by atoms with van der Waals surface area (Å²) in [4.78, 5) is 16.4. The first-order valence-electron chi connectivity index (χ1n) is 15.6. The van der Waals surface area contributed by atoms with Crippen LogP contribution < -0.4 is 20.7 Å². The lowest BCUT2D eigenvalue weighted by atomic mass is 9.93. The molecule has 3 aromatic rings. The van der Waals surface area contributed by atoms with Crippen molar-refractivity contribution >= 4 is 22.5 Å². The number of halogens is 8. The molecule has 4 saturated heterocycles. The van der Waals surface area contributed by atoms with Crippen LogP contribution in [-0.4, -0.2) is 82.6 Å². The predicted octanol–water partition coefficient (Wildman–Crippen LogP) is 5.74. The quantitative estimate of drug-likeness (QED) is 0.321. The van der Waals surface area contributed by atoms with E-state index in [9.17, 15) is 30.7 Å². The molecule has 0 spiro atoms. The molecule has 1 aromatic carbocycles. The third-order valence-corrected chi connectivity index (χ3v) is 9.87. The number of fused-ring (bicyclic) bond motifs is 4. The average molecular weight is 672 g/mol. The Bertz CT molecular complexity index is 1700. The molecule has 4 atom stereocenters. The maximum Gasteiger partial charge on any atom is 0.418 e. The Morgan fingerprint density at radius 1 is 1.04 bits per heavy atom. The molecule has 4 aliphatic rings. The van der Waals surface area contributed by atoms with Crippen LogP contribution in [-0.2, 0) is 12.6 Å². The lowest BCUT2D eigenvalue weighted by Crippen LogP contribution is -2.51. The van der Waals surface area contributed by atoms with Crippen LogP contribution in [0, 0.1) is 12.7 Å². The Labute approximate surface area is 264 Å². The number of nitrogens with zero attached hydrogens (tertiary/aromatic N) is 5. The van der Waals surface area contributed by atoms with Crippen LogP contribution in [0.3, 0.4) is 0 Å². The van der Waals surface area contributed by atoms with Crippen LogP contribution in [0.5, 0.6) is 6.01 Å². The highest BCUT2D eigenvalue weighted by Crippen LogP contribution is 2.45. The Balaban J connectivity index is 1.43. The van der Waals surface area contributed by atoms with E-state index in [1.807, 2.05) is 9.80 Å². The van der Waals surface area contributed by atoms with Gasteiger partial charge in [0.25, 0.3) is 0 Å². The molecule has 6 heterocycles. The van der Waals surface area contributed by atoms with Gasteiger partial charge in [0.1, 0.15) is 29.9 Å². The number of anilines is 2. The Morgan fingerprint density at radius 3 is 2.45 bits per heavy atom. The molecule has 0 saturated carbocycles. The Kier molecular flexibility index (Phi) is 7.69. The number of hydrogen-bond acceptors (Lipinski definition) is 8. The third kappa shape index (κ3) is 5.91. The molecule has 8 nitrogen and oxygen atoms in total. The molecule has 2 aromatic heterocycles. The van der Waals surface area contributed by atoms with Gasteiger partial charge in [0.05, 0.1) is 23.2 Å². The Hall–Kier alpha value is -3.53. The van der Waals surface area contributed by atoms with Gasteiger partial charge in [0, 0.05) is 49.1 Å². The molecule has 7 rings (SSSR count). The highest BCUT2D eigenvalue weighted by atomic mass is 19.4. The van der Waals surface area contributed by atoms with Gasteiger partial charge < -0.3 is 20.7 Å². The van der Waals surface area contributed by atoms with E-state index < -0.39 is 75.6 Å². The predicted molar refractivity (Wildman–Crippen MR) is 157 cm³/mol. The SMILES string of the molecule is Cc1cc(N)nc(-c2c(CC(F)(F)F)cc3c(N4CC5CCC(C4)N5)nc(OC[C@@]45CCCN4C[C@H](F)C5)nc3c2F)c1C(F)(F)F. The maximum atomic E-state index is 16.9. The minimum absolute atomic E-state index is 0.0139. The first-order valence-corrected chi connectivity index (χ1v) is 15.6. The van der Waals surface area contributed by atoms with Crippen molar-refractivity contribution in [3.05, 3.63) is 34.6 Å². The first-order chi connectivity index (χ1) is 22.1. The van der Waals surface area contributed by atoms with Crippen molar-refractivity contribution in [2.75, 3.05) is 43.4 Å². The number of pyridine rings is 1. The lowest BCUT2D eigenvalue weighted by Gasteiger charge is -2.35. The monoisotopic (exact) mass is 671 g/mol. The lowest BCUT2D eigenvalue weighted by molar-refractivity contribution is -0.137. The fraction of sp³-hybridized carbons (Fsp3) is 0.581. The van der Waals surface area contributed by atoms with Crippen molar-refractivity contribution < 1.29 is 39.9 Å². The van der Waals surface area contributed by atoms with Gasteiger partial charge in [-0.15, -0.1) is 0 Å². The number of aromatic nitrogens is 3. The standard InChI is InChI=1S/C31H33F8N7O/c1-15-7-21(40)42-26(23(15)31(37,38)39)22-16(9-30(34,35)36)8-20-25(24(22)33)43-28(44-27(20)45-12-18-3-4-19(13-45)41-18)47-14-29-5-2-6-46(29)11-17(32)10-29/h7-8,17-19,41H,2-6,9-14H2,1H3,(H2,40,42)/t17-,18?,19?,29+/m1/s1. The second kappa shape index (κ2) is 11.3. The van der Waals surface area contributed by atoms with Crippen molar-refractivity contribution in [3.8, 4) is 17.3 Å². The van der Waals surface area contributed by atoms with Crippen LogP contribution in [0.2, 0.25) is 0 Å². The van der Waals surface area contributed by atoms with E-state index in [0.29, 0.717) is 26.1 Å². The normalized spacial score (nSPS) is 26.4. The van der Waals surface area contributed by atoms with Crippen LogP contribution >= 0.6 is 0 Å². The molecule has 16 heteroatoms. The number of nitrogens with one attached hydrogen (secondary N) is 1. The summed E-state index contributed by atoms with van der Waals surface area (Å²) < 4.78 is 122. The van der Waals surface area contributed by atoms with Gasteiger partial charge in [-0.05, 0) is 62.4 Å². The van der Waals surface area contributed by atoms with E-state index in [4.69, 9.17) is 10.5 Å². The molecule has 4 aliphatic heterocycles. The summed E-state index contributed by atoms with van der Waals surface area (Å²) >= 11 is 0. The average Bonchev–Trinajstić information content (AvgIpc) is 3.60. The zero-order chi connectivity index (χ0) is 33.5. The maximum absolute atomic E-state index is 16.9. The molecular weight excluding hydrogens is 638 g/mol. The van der Waals surface area contributed by atoms with Crippen molar-refractivity contribution in [3.63, 3.8) is 0 Å². The largest absolute Gasteiger partial charge is 0.461 e. The van der Waals surface area contributed by atoms with Crippen molar-refractivity contribution in [2.24, 2.45) is 0 Å². The summed E-state index contributed by atoms with van der Waals surface area (Å²) in [5.74, 6) is -1.74. The molecule has 0 radical (unpaired) electrons. The second-order valence-corrected chi connectivity index (χ2v) is 13.2. The van der Waals surface area contributed by atoms with E-state index in [2.05, 4.69) is 20.3 Å². The molecule has 47 heavy (non-hydrogen) atoms. The second-order valence-electron chi connectivity index (χ2n) is 13.2. The summed E-state index contributed by atoms with van der Waals surface area (Å²) in [7, 11) is 0. The fourth-order valence-corrected chi connectivity index (χ4v) is 8.01. The van der Waals surface area contributed by atoms with E-state index in [1.165, 1.54) is 0 Å². The van der Waals surface area contributed by atoms with E-state index in [0.717, 1.165) is 38.3 Å². The van der Waals surface area contributed by atoms with Gasteiger partial charge in [0.2, 0.25) is 0 Å². The minimum atomic E-state index is -5.09. The smallest absolute Gasteiger partial charge is 0.418 e. The van der Waals surface area contributed by atoms with Gasteiger partial charge in [-0.3, -0.25) is 4.90 Å². The number of rotatable bonds is 6. The molecule has 4 fully saturated rings. The summed E-state index contributed by atoms with van der Waals surface area (Å²) in [6.07, 6.45) is -9.36. The molecule has 0 aliphatic carbocycles. The number of ether oxygens (including phenoxy) is 1. The van der Waals surface area contributed by atoms with Crippen LogP contribution in [0.15, 0.2) is 12.1 Å². The van der Waals surface area contributed by atoms with Gasteiger partial charge in [-0.2, -0.15) is 36.3 Å². The van der Waals surface area contributed by atoms with Crippen LogP contribution in [0.1, 0.15) is 48.8 Å². The summed E-state index contributed by atoms with van der Waals surface area (Å²) in [5, 5.41) is 3.35. The number of piperazine rings is 1. The van der Waals surface area contributed by atoms with Crippen molar-refractivity contribution in [1.82, 2.24) is 25.2 Å². The summed E-state index contributed by atoms with van der Waals surface area (Å²) in [6.45, 7) is 2.83. The molecule has 0 amide bonds. The van der Waals surface area contributed by atoms with E-state index in [1.54, 1.807) is 0 Å². The molecule has 2 unspecified atom stereocenters. The molecule has 3 N–H and O–H groups in total. The molecule has 254 valence electrons. The number of nitrogen functional groups attached to an aromatic ring is 1. The van der Waals surface area contributed by atoms with E-state index >= 15 is 4.39 Å². The molecule has 2 bridgehead atoms. The number of nitrogens with two attached hydrogens (primary N) is 1. The fourth-order valence-electron chi connectivity index (χ4n) is 8.01. The first kappa shape index (κ1) is 32.0. The molecular formula is C31H33F8N7O. The third-order valence-electron chi connectivity index (χ3n) is 9.87. The van der Waals surface area contributed by atoms with Crippen LogP contribution in [0.4, 0.5) is 46.8 Å². The Morgan fingerprint density at radius 2 is 1.77 bits per heavy atom. The number of alkyl halides is 7. The number of hydrogen-bond donors (Lipinski definition) is 2. The topological polar surface area (TPSA) is 92.4 Å². The van der Waals surface area contributed by atoms with Gasteiger partial charge >= 0.3 is 18.4 Å². The van der Waals surface area contributed by atoms with Gasteiger partial charge in [0.15, 0.2) is 5.82 Å². The van der Waals surface area contributed by atoms with E-state index in [-0.39, 0.29) is 48.9 Å².